The number of carbonyl (C=O) groups excluding carboxylic acids is 1. The Hall–Kier alpha value is -2.31. The SMILES string of the molecule is COc1cc(C#N)cc(C2(N=C=O)CC2)c1O. The van der Waals surface area contributed by atoms with Gasteiger partial charge in [-0.15, -0.1) is 0 Å². The number of hydrogen-bond donors (Lipinski definition) is 1. The van der Waals surface area contributed by atoms with Gasteiger partial charge in [-0.3, -0.25) is 0 Å². The van der Waals surface area contributed by atoms with Crippen LogP contribution in [0.3, 0.4) is 0 Å². The lowest BCUT2D eigenvalue weighted by molar-refractivity contribution is 0.367. The molecule has 1 saturated carbocycles. The smallest absolute Gasteiger partial charge is 0.235 e. The molecule has 5 nitrogen and oxygen atoms in total. The first-order valence-electron chi connectivity index (χ1n) is 5.07. The molecule has 0 unspecified atom stereocenters. The first-order chi connectivity index (χ1) is 8.16. The van der Waals surface area contributed by atoms with Crippen molar-refractivity contribution in [3.05, 3.63) is 23.3 Å². The fourth-order valence-electron chi connectivity index (χ4n) is 1.83. The number of aromatic hydroxyl groups is 1. The summed E-state index contributed by atoms with van der Waals surface area (Å²) < 4.78 is 4.99. The van der Waals surface area contributed by atoms with Gasteiger partial charge in [0.15, 0.2) is 11.5 Å². The van der Waals surface area contributed by atoms with Crippen LogP contribution in [0.2, 0.25) is 0 Å². The molecule has 0 amide bonds. The number of phenols is 1. The van der Waals surface area contributed by atoms with Gasteiger partial charge in [-0.25, -0.2) is 4.79 Å². The number of benzene rings is 1. The Morgan fingerprint density at radius 3 is 2.71 bits per heavy atom. The highest BCUT2D eigenvalue weighted by Gasteiger charge is 2.47. The summed E-state index contributed by atoms with van der Waals surface area (Å²) in [6.07, 6.45) is 2.83. The summed E-state index contributed by atoms with van der Waals surface area (Å²) in [5.41, 5.74) is 0.102. The molecule has 0 atom stereocenters. The van der Waals surface area contributed by atoms with E-state index in [4.69, 9.17) is 10.00 Å². The largest absolute Gasteiger partial charge is 0.504 e. The van der Waals surface area contributed by atoms with Crippen LogP contribution in [0.5, 0.6) is 11.5 Å². The molecule has 1 N–H and O–H groups in total. The standard InChI is InChI=1S/C12H10N2O3/c1-17-10-5-8(6-13)4-9(11(10)16)12(2-3-12)14-7-15/h4-5,16H,2-3H2,1H3. The predicted molar refractivity (Wildman–Crippen MR) is 58.4 cm³/mol. The van der Waals surface area contributed by atoms with Crippen LogP contribution in [0.1, 0.15) is 24.0 Å². The van der Waals surface area contributed by atoms with E-state index >= 15 is 0 Å². The molecule has 5 heteroatoms. The zero-order chi connectivity index (χ0) is 12.5. The average molecular weight is 230 g/mol. The molecule has 17 heavy (non-hydrogen) atoms. The molecule has 1 aliphatic rings. The third kappa shape index (κ3) is 1.75. The molecule has 0 aliphatic heterocycles. The molecular formula is C12H10N2O3. The third-order valence-corrected chi connectivity index (χ3v) is 2.91. The van der Waals surface area contributed by atoms with Crippen molar-refractivity contribution in [3.8, 4) is 17.6 Å². The highest BCUT2D eigenvalue weighted by molar-refractivity contribution is 5.57. The van der Waals surface area contributed by atoms with Gasteiger partial charge >= 0.3 is 0 Å². The van der Waals surface area contributed by atoms with E-state index < -0.39 is 5.54 Å². The molecular weight excluding hydrogens is 220 g/mol. The van der Waals surface area contributed by atoms with Crippen LogP contribution >= 0.6 is 0 Å². The molecule has 0 bridgehead atoms. The van der Waals surface area contributed by atoms with Crippen molar-refractivity contribution in [2.45, 2.75) is 18.4 Å². The zero-order valence-corrected chi connectivity index (χ0v) is 9.23. The summed E-state index contributed by atoms with van der Waals surface area (Å²) in [6, 6.07) is 4.96. The van der Waals surface area contributed by atoms with E-state index in [1.807, 2.05) is 6.07 Å². The minimum Gasteiger partial charge on any atom is -0.504 e. The first kappa shape index (κ1) is 11.2. The molecule has 86 valence electrons. The van der Waals surface area contributed by atoms with Gasteiger partial charge < -0.3 is 9.84 Å². The second-order valence-electron chi connectivity index (χ2n) is 3.92. The van der Waals surface area contributed by atoms with E-state index in [1.54, 1.807) is 0 Å². The molecule has 1 aliphatic carbocycles. The molecule has 0 heterocycles. The fraction of sp³-hybridized carbons (Fsp3) is 0.333. The van der Waals surface area contributed by atoms with Gasteiger partial charge in [0.05, 0.1) is 18.7 Å². The summed E-state index contributed by atoms with van der Waals surface area (Å²) in [6.45, 7) is 0. The minimum atomic E-state index is -0.716. The van der Waals surface area contributed by atoms with Crippen LogP contribution in [0.4, 0.5) is 0 Å². The molecule has 0 saturated heterocycles. The van der Waals surface area contributed by atoms with Gasteiger partial charge in [0.1, 0.15) is 5.54 Å². The summed E-state index contributed by atoms with van der Waals surface area (Å²) in [7, 11) is 1.41. The highest BCUT2D eigenvalue weighted by Crippen LogP contribution is 2.54. The van der Waals surface area contributed by atoms with Crippen molar-refractivity contribution < 1.29 is 14.6 Å². The van der Waals surface area contributed by atoms with Gasteiger partial charge in [0.25, 0.3) is 0 Å². The maximum atomic E-state index is 10.4. The lowest BCUT2D eigenvalue weighted by Crippen LogP contribution is -2.04. The number of ether oxygens (including phenoxy) is 1. The first-order valence-corrected chi connectivity index (χ1v) is 5.07. The molecule has 1 fully saturated rings. The number of nitrogens with zero attached hydrogens (tertiary/aromatic N) is 2. The number of rotatable bonds is 3. The number of methoxy groups -OCH3 is 1. The van der Waals surface area contributed by atoms with Crippen LogP contribution < -0.4 is 4.74 Å². The normalized spacial score (nSPS) is 15.5. The fourth-order valence-corrected chi connectivity index (χ4v) is 1.83. The molecule has 0 radical (unpaired) electrons. The van der Waals surface area contributed by atoms with Crippen molar-refractivity contribution >= 4 is 6.08 Å². The van der Waals surface area contributed by atoms with Crippen LogP contribution in [0.15, 0.2) is 17.1 Å². The lowest BCUT2D eigenvalue weighted by atomic mass is 10.0. The summed E-state index contributed by atoms with van der Waals surface area (Å²) in [5, 5.41) is 18.9. The second-order valence-corrected chi connectivity index (χ2v) is 3.92. The van der Waals surface area contributed by atoms with E-state index in [-0.39, 0.29) is 11.5 Å². The number of hydrogen-bond acceptors (Lipinski definition) is 5. The van der Waals surface area contributed by atoms with E-state index in [2.05, 4.69) is 4.99 Å². The van der Waals surface area contributed by atoms with Crippen molar-refractivity contribution in [2.24, 2.45) is 4.99 Å². The van der Waals surface area contributed by atoms with Gasteiger partial charge in [-0.1, -0.05) is 0 Å². The van der Waals surface area contributed by atoms with Crippen LogP contribution in [-0.4, -0.2) is 18.3 Å². The van der Waals surface area contributed by atoms with Crippen molar-refractivity contribution in [3.63, 3.8) is 0 Å². The van der Waals surface area contributed by atoms with Crippen molar-refractivity contribution in [1.82, 2.24) is 0 Å². The molecule has 0 spiro atoms. The minimum absolute atomic E-state index is 0.0667. The molecule has 0 aromatic heterocycles. The Kier molecular flexibility index (Phi) is 2.58. The average Bonchev–Trinajstić information content (AvgIpc) is 3.10. The third-order valence-electron chi connectivity index (χ3n) is 2.91. The summed E-state index contributed by atoms with van der Waals surface area (Å²) in [4.78, 5) is 14.1. The Morgan fingerprint density at radius 2 is 2.24 bits per heavy atom. The molecule has 2 rings (SSSR count). The number of isocyanates is 1. The van der Waals surface area contributed by atoms with Gasteiger partial charge in [0, 0.05) is 11.6 Å². The maximum absolute atomic E-state index is 10.4. The Labute approximate surface area is 98.0 Å². The van der Waals surface area contributed by atoms with Gasteiger partial charge in [-0.2, -0.15) is 10.3 Å². The van der Waals surface area contributed by atoms with Crippen LogP contribution in [0, 0.1) is 11.3 Å². The number of phenolic OH excluding ortho intramolecular Hbond substituents is 1. The summed E-state index contributed by atoms with van der Waals surface area (Å²) in [5.74, 6) is 0.148. The van der Waals surface area contributed by atoms with E-state index in [1.165, 1.54) is 25.3 Å². The molecule has 1 aromatic rings. The van der Waals surface area contributed by atoms with Crippen molar-refractivity contribution in [1.29, 1.82) is 5.26 Å². The predicted octanol–water partition coefficient (Wildman–Crippen LogP) is 1.60. The topological polar surface area (TPSA) is 82.7 Å². The van der Waals surface area contributed by atoms with Crippen LogP contribution in [-0.2, 0) is 10.3 Å². The van der Waals surface area contributed by atoms with E-state index in [0.717, 1.165) is 0 Å². The Bertz CT molecular complexity index is 550. The Morgan fingerprint density at radius 1 is 1.53 bits per heavy atom. The lowest BCUT2D eigenvalue weighted by Gasteiger charge is -2.13. The van der Waals surface area contributed by atoms with Crippen molar-refractivity contribution in [2.75, 3.05) is 7.11 Å². The maximum Gasteiger partial charge on any atom is 0.235 e. The quantitative estimate of drug-likeness (QED) is 0.631. The van der Waals surface area contributed by atoms with Crippen LogP contribution in [0.25, 0.3) is 0 Å². The van der Waals surface area contributed by atoms with Gasteiger partial charge in [0.2, 0.25) is 6.08 Å². The Balaban J connectivity index is 2.61. The zero-order valence-electron chi connectivity index (χ0n) is 9.23. The van der Waals surface area contributed by atoms with Gasteiger partial charge in [-0.05, 0) is 18.9 Å². The monoisotopic (exact) mass is 230 g/mol. The van der Waals surface area contributed by atoms with E-state index in [0.29, 0.717) is 24.0 Å². The highest BCUT2D eigenvalue weighted by atomic mass is 16.5. The molecule has 1 aromatic carbocycles. The second kappa shape index (κ2) is 3.93. The number of aliphatic imine (C=N–C) groups is 1. The summed E-state index contributed by atoms with van der Waals surface area (Å²) >= 11 is 0. The van der Waals surface area contributed by atoms with E-state index in [9.17, 15) is 9.90 Å². The number of nitriles is 1.